The first kappa shape index (κ1) is 10.7. The average molecular weight is 207 g/mol. The van der Waals surface area contributed by atoms with Gasteiger partial charge in [0.1, 0.15) is 0 Å². The lowest BCUT2D eigenvalue weighted by Gasteiger charge is -2.08. The van der Waals surface area contributed by atoms with Gasteiger partial charge in [0.25, 0.3) is 0 Å². The molecule has 0 amide bonds. The van der Waals surface area contributed by atoms with Gasteiger partial charge in [-0.25, -0.2) is 14.0 Å². The second kappa shape index (κ2) is 3.77. The number of halogens is 2. The number of nitrogens with zero attached hydrogens (tertiary/aromatic N) is 3. The van der Waals surface area contributed by atoms with E-state index >= 15 is 0 Å². The number of ether oxygens (including phenoxy) is 1. The van der Waals surface area contributed by atoms with Crippen LogP contribution >= 0.6 is 0 Å². The van der Waals surface area contributed by atoms with Gasteiger partial charge < -0.3 is 4.74 Å². The second-order valence-corrected chi connectivity index (χ2v) is 3.03. The summed E-state index contributed by atoms with van der Waals surface area (Å²) in [5.41, 5.74) is -0.476. The van der Waals surface area contributed by atoms with E-state index in [2.05, 4.69) is 9.84 Å². The Labute approximate surface area is 78.9 Å². The fourth-order valence-electron chi connectivity index (χ4n) is 1.06. The molecule has 0 radical (unpaired) electrons. The van der Waals surface area contributed by atoms with Gasteiger partial charge in [-0.2, -0.15) is 8.78 Å². The molecule has 0 aliphatic heterocycles. The largest absolute Gasteiger partial charge is 0.401 e. The summed E-state index contributed by atoms with van der Waals surface area (Å²) in [5, 5.41) is 3.54. The summed E-state index contributed by atoms with van der Waals surface area (Å²) in [6.07, 6.45) is 0. The molecule has 1 aromatic heterocycles. The van der Waals surface area contributed by atoms with E-state index in [0.29, 0.717) is 0 Å². The van der Waals surface area contributed by atoms with Gasteiger partial charge in [-0.15, -0.1) is 5.10 Å². The SMILES string of the molecule is CC(C)n1c(OC(F)F)nn(C)c1=O. The van der Waals surface area contributed by atoms with Gasteiger partial charge >= 0.3 is 18.3 Å². The van der Waals surface area contributed by atoms with Gasteiger partial charge in [0, 0.05) is 13.1 Å². The Morgan fingerprint density at radius 1 is 1.43 bits per heavy atom. The molecule has 0 saturated carbocycles. The van der Waals surface area contributed by atoms with Crippen LogP contribution in [0.25, 0.3) is 0 Å². The highest BCUT2D eigenvalue weighted by Gasteiger charge is 2.18. The van der Waals surface area contributed by atoms with E-state index in [1.165, 1.54) is 7.05 Å². The van der Waals surface area contributed by atoms with Crippen molar-refractivity contribution in [3.8, 4) is 6.01 Å². The van der Waals surface area contributed by atoms with Crippen molar-refractivity contribution in [3.05, 3.63) is 10.5 Å². The molecule has 5 nitrogen and oxygen atoms in total. The molecular formula is C7H11F2N3O2. The highest BCUT2D eigenvalue weighted by molar-refractivity contribution is 4.95. The van der Waals surface area contributed by atoms with Crippen LogP contribution in [-0.4, -0.2) is 21.0 Å². The summed E-state index contributed by atoms with van der Waals surface area (Å²) in [4.78, 5) is 11.4. The topological polar surface area (TPSA) is 49.0 Å². The zero-order valence-corrected chi connectivity index (χ0v) is 8.07. The highest BCUT2D eigenvalue weighted by atomic mass is 19.3. The molecule has 0 aromatic carbocycles. The predicted molar refractivity (Wildman–Crippen MR) is 44.5 cm³/mol. The van der Waals surface area contributed by atoms with Gasteiger partial charge in [-0.1, -0.05) is 0 Å². The smallest absolute Gasteiger partial charge is 0.389 e. The van der Waals surface area contributed by atoms with E-state index in [4.69, 9.17) is 0 Å². The summed E-state index contributed by atoms with van der Waals surface area (Å²) in [7, 11) is 1.37. The molecule has 0 spiro atoms. The fraction of sp³-hybridized carbons (Fsp3) is 0.714. The fourth-order valence-corrected chi connectivity index (χ4v) is 1.06. The molecule has 0 fully saturated rings. The highest BCUT2D eigenvalue weighted by Crippen LogP contribution is 2.13. The first-order valence-electron chi connectivity index (χ1n) is 4.03. The van der Waals surface area contributed by atoms with Crippen LogP contribution in [0.3, 0.4) is 0 Å². The standard InChI is InChI=1S/C7H11F2N3O2/c1-4(2)12-6(14-5(8)9)10-11(3)7(12)13/h4-5H,1-3H3. The first-order chi connectivity index (χ1) is 6.43. The molecule has 0 N–H and O–H groups in total. The molecule has 80 valence electrons. The van der Waals surface area contributed by atoms with Crippen LogP contribution in [-0.2, 0) is 7.05 Å². The molecule has 0 unspecified atom stereocenters. The molecule has 0 aliphatic rings. The predicted octanol–water partition coefficient (Wildman–Crippen LogP) is 0.764. The monoisotopic (exact) mass is 207 g/mol. The molecule has 14 heavy (non-hydrogen) atoms. The molecule has 0 saturated heterocycles. The van der Waals surface area contributed by atoms with Crippen LogP contribution in [0.1, 0.15) is 19.9 Å². The number of aryl methyl sites for hydroxylation is 1. The Bertz CT molecular complexity index is 370. The van der Waals surface area contributed by atoms with Crippen molar-refractivity contribution < 1.29 is 13.5 Å². The quantitative estimate of drug-likeness (QED) is 0.735. The lowest BCUT2D eigenvalue weighted by molar-refractivity contribution is -0.0592. The molecule has 7 heteroatoms. The third kappa shape index (κ3) is 1.91. The van der Waals surface area contributed by atoms with Crippen molar-refractivity contribution >= 4 is 0 Å². The summed E-state index contributed by atoms with van der Waals surface area (Å²) in [6.45, 7) is 0.386. The van der Waals surface area contributed by atoms with Crippen molar-refractivity contribution in [2.75, 3.05) is 0 Å². The van der Waals surface area contributed by atoms with Crippen molar-refractivity contribution in [1.29, 1.82) is 0 Å². The van der Waals surface area contributed by atoms with E-state index in [1.54, 1.807) is 13.8 Å². The molecule has 1 rings (SSSR count). The maximum absolute atomic E-state index is 11.9. The van der Waals surface area contributed by atoms with E-state index < -0.39 is 12.3 Å². The van der Waals surface area contributed by atoms with Crippen LogP contribution in [0, 0.1) is 0 Å². The number of hydrogen-bond donors (Lipinski definition) is 0. The van der Waals surface area contributed by atoms with Crippen LogP contribution in [0.15, 0.2) is 4.79 Å². The minimum atomic E-state index is -2.98. The van der Waals surface area contributed by atoms with Crippen LogP contribution in [0.5, 0.6) is 6.01 Å². The molecule has 0 atom stereocenters. The van der Waals surface area contributed by atoms with Gasteiger partial charge in [0.2, 0.25) is 0 Å². The average Bonchev–Trinajstić information content (AvgIpc) is 2.26. The molecule has 1 heterocycles. The maximum atomic E-state index is 11.9. The van der Waals surface area contributed by atoms with Gasteiger partial charge in [0.15, 0.2) is 0 Å². The maximum Gasteiger partial charge on any atom is 0.389 e. The summed E-state index contributed by atoms with van der Waals surface area (Å²) in [6, 6.07) is -0.632. The van der Waals surface area contributed by atoms with Crippen LogP contribution < -0.4 is 10.4 Å². The Morgan fingerprint density at radius 3 is 2.43 bits per heavy atom. The Kier molecular flexibility index (Phi) is 2.87. The number of hydrogen-bond acceptors (Lipinski definition) is 3. The van der Waals surface area contributed by atoms with Crippen molar-refractivity contribution in [2.45, 2.75) is 26.5 Å². The molecule has 1 aromatic rings. The van der Waals surface area contributed by atoms with Gasteiger partial charge in [0.05, 0.1) is 0 Å². The second-order valence-electron chi connectivity index (χ2n) is 3.03. The minimum Gasteiger partial charge on any atom is -0.401 e. The van der Waals surface area contributed by atoms with Crippen LogP contribution in [0.4, 0.5) is 8.78 Å². The minimum absolute atomic E-state index is 0.273. The van der Waals surface area contributed by atoms with Gasteiger partial charge in [-0.3, -0.25) is 0 Å². The summed E-state index contributed by atoms with van der Waals surface area (Å²) in [5.74, 6) is 0. The summed E-state index contributed by atoms with van der Waals surface area (Å²) >= 11 is 0. The number of rotatable bonds is 3. The number of aromatic nitrogens is 3. The molecular weight excluding hydrogens is 196 g/mol. The van der Waals surface area contributed by atoms with Crippen molar-refractivity contribution in [3.63, 3.8) is 0 Å². The first-order valence-corrected chi connectivity index (χ1v) is 4.03. The Hall–Kier alpha value is -1.40. The third-order valence-corrected chi connectivity index (χ3v) is 1.64. The Morgan fingerprint density at radius 2 is 2.00 bits per heavy atom. The number of alkyl halides is 2. The zero-order valence-electron chi connectivity index (χ0n) is 8.07. The van der Waals surface area contributed by atoms with Crippen molar-refractivity contribution in [1.82, 2.24) is 14.3 Å². The van der Waals surface area contributed by atoms with Gasteiger partial charge in [-0.05, 0) is 13.8 Å². The summed E-state index contributed by atoms with van der Waals surface area (Å²) < 4.78 is 30.0. The zero-order chi connectivity index (χ0) is 10.9. The van der Waals surface area contributed by atoms with E-state index in [1.807, 2.05) is 0 Å². The van der Waals surface area contributed by atoms with Crippen molar-refractivity contribution in [2.24, 2.45) is 7.05 Å². The molecule has 0 aliphatic carbocycles. The van der Waals surface area contributed by atoms with E-state index in [0.717, 1.165) is 9.25 Å². The van der Waals surface area contributed by atoms with E-state index in [-0.39, 0.29) is 12.1 Å². The lowest BCUT2D eigenvalue weighted by Crippen LogP contribution is -2.24. The normalized spacial score (nSPS) is 11.4. The lowest BCUT2D eigenvalue weighted by atomic mass is 10.4. The molecule has 0 bridgehead atoms. The Balaban J connectivity index is 3.16. The van der Waals surface area contributed by atoms with Crippen LogP contribution in [0.2, 0.25) is 0 Å². The van der Waals surface area contributed by atoms with E-state index in [9.17, 15) is 13.6 Å². The third-order valence-electron chi connectivity index (χ3n) is 1.64.